The van der Waals surface area contributed by atoms with Gasteiger partial charge in [0.05, 0.1) is 26.4 Å². The Morgan fingerprint density at radius 3 is 2.27 bits per heavy atom. The van der Waals surface area contributed by atoms with Crippen molar-refractivity contribution in [3.8, 4) is 11.5 Å². The molecule has 0 aliphatic carbocycles. The zero-order valence-corrected chi connectivity index (χ0v) is 15.2. The minimum Gasteiger partial charge on any atom is -0.497 e. The lowest BCUT2D eigenvalue weighted by Gasteiger charge is -2.10. The number of carbonyl (C=O) groups is 2. The molecular formula is C21H22O5. The summed E-state index contributed by atoms with van der Waals surface area (Å²) in [5, 5.41) is 0. The van der Waals surface area contributed by atoms with E-state index in [2.05, 4.69) is 6.58 Å². The summed E-state index contributed by atoms with van der Waals surface area (Å²) in [5.41, 5.74) is 2.37. The number of methoxy groups -OCH3 is 2. The van der Waals surface area contributed by atoms with Crippen LogP contribution in [0.25, 0.3) is 0 Å². The molecule has 0 amide bonds. The van der Waals surface area contributed by atoms with Crippen LogP contribution in [0.5, 0.6) is 11.5 Å². The van der Waals surface area contributed by atoms with Gasteiger partial charge in [-0.15, -0.1) is 0 Å². The van der Waals surface area contributed by atoms with Crippen molar-refractivity contribution >= 4 is 11.8 Å². The SMILES string of the molecule is C=C(C)C(=O)OCCc1ccc(C(=O)c2ccc(OC)cc2OC)cc1. The summed E-state index contributed by atoms with van der Waals surface area (Å²) in [4.78, 5) is 24.1. The first kappa shape index (κ1) is 19.2. The Labute approximate surface area is 153 Å². The fraction of sp³-hybridized carbons (Fsp3) is 0.238. The molecule has 0 radical (unpaired) electrons. The van der Waals surface area contributed by atoms with Gasteiger partial charge in [-0.05, 0) is 24.6 Å². The minimum atomic E-state index is -0.400. The summed E-state index contributed by atoms with van der Waals surface area (Å²) in [6.45, 7) is 5.41. The van der Waals surface area contributed by atoms with Crippen molar-refractivity contribution in [1.82, 2.24) is 0 Å². The topological polar surface area (TPSA) is 61.8 Å². The summed E-state index contributed by atoms with van der Waals surface area (Å²) in [5.74, 6) is 0.552. The maximum atomic E-state index is 12.7. The molecule has 2 rings (SSSR count). The molecule has 5 nitrogen and oxygen atoms in total. The summed E-state index contributed by atoms with van der Waals surface area (Å²) in [7, 11) is 3.07. The lowest BCUT2D eigenvalue weighted by atomic mass is 10.0. The van der Waals surface area contributed by atoms with Gasteiger partial charge in [-0.3, -0.25) is 4.79 Å². The van der Waals surface area contributed by atoms with Crippen LogP contribution < -0.4 is 9.47 Å². The second-order valence-electron chi connectivity index (χ2n) is 5.76. The Balaban J connectivity index is 2.07. The van der Waals surface area contributed by atoms with E-state index in [4.69, 9.17) is 14.2 Å². The second kappa shape index (κ2) is 8.85. The van der Waals surface area contributed by atoms with Gasteiger partial charge in [-0.25, -0.2) is 4.79 Å². The number of ether oxygens (including phenoxy) is 3. The Kier molecular flexibility index (Phi) is 6.55. The lowest BCUT2D eigenvalue weighted by molar-refractivity contribution is -0.138. The van der Waals surface area contributed by atoms with Crippen molar-refractivity contribution in [3.63, 3.8) is 0 Å². The van der Waals surface area contributed by atoms with Gasteiger partial charge >= 0.3 is 5.97 Å². The normalized spacial score (nSPS) is 10.1. The maximum absolute atomic E-state index is 12.7. The number of carbonyl (C=O) groups excluding carboxylic acids is 2. The number of ketones is 1. The van der Waals surface area contributed by atoms with Gasteiger partial charge < -0.3 is 14.2 Å². The molecule has 0 saturated heterocycles. The van der Waals surface area contributed by atoms with E-state index in [9.17, 15) is 9.59 Å². The van der Waals surface area contributed by atoms with Crippen molar-refractivity contribution in [2.75, 3.05) is 20.8 Å². The molecule has 5 heteroatoms. The molecule has 0 aromatic heterocycles. The molecule has 0 spiro atoms. The highest BCUT2D eigenvalue weighted by Gasteiger charge is 2.15. The van der Waals surface area contributed by atoms with E-state index in [0.29, 0.717) is 34.6 Å². The van der Waals surface area contributed by atoms with Crippen molar-refractivity contribution < 1.29 is 23.8 Å². The molecule has 0 fully saturated rings. The zero-order chi connectivity index (χ0) is 19.1. The van der Waals surface area contributed by atoms with Crippen LogP contribution in [0, 0.1) is 0 Å². The van der Waals surface area contributed by atoms with Crippen LogP contribution in [-0.2, 0) is 16.0 Å². The average Bonchev–Trinajstić information content (AvgIpc) is 2.67. The molecule has 0 atom stereocenters. The van der Waals surface area contributed by atoms with Gasteiger partial charge in [0.25, 0.3) is 0 Å². The van der Waals surface area contributed by atoms with E-state index in [-0.39, 0.29) is 12.4 Å². The summed E-state index contributed by atoms with van der Waals surface area (Å²) >= 11 is 0. The first-order chi connectivity index (χ1) is 12.5. The Hall–Kier alpha value is -3.08. The Morgan fingerprint density at radius 2 is 1.69 bits per heavy atom. The van der Waals surface area contributed by atoms with E-state index >= 15 is 0 Å². The monoisotopic (exact) mass is 354 g/mol. The zero-order valence-electron chi connectivity index (χ0n) is 15.2. The van der Waals surface area contributed by atoms with Crippen LogP contribution in [0.1, 0.15) is 28.4 Å². The van der Waals surface area contributed by atoms with Gasteiger partial charge in [0.2, 0.25) is 0 Å². The third-order valence-electron chi connectivity index (χ3n) is 3.84. The first-order valence-corrected chi connectivity index (χ1v) is 8.14. The highest BCUT2D eigenvalue weighted by Crippen LogP contribution is 2.26. The van der Waals surface area contributed by atoms with Crippen molar-refractivity contribution in [2.45, 2.75) is 13.3 Å². The third-order valence-corrected chi connectivity index (χ3v) is 3.84. The number of hydrogen-bond acceptors (Lipinski definition) is 5. The standard InChI is InChI=1S/C21H22O5/c1-14(2)21(23)26-12-11-15-5-7-16(8-6-15)20(22)18-10-9-17(24-3)13-19(18)25-4/h5-10,13H,1,11-12H2,2-4H3. The van der Waals surface area contributed by atoms with Gasteiger partial charge in [-0.2, -0.15) is 0 Å². The van der Waals surface area contributed by atoms with Crippen LogP contribution in [0.4, 0.5) is 0 Å². The number of esters is 1. The van der Waals surface area contributed by atoms with Gasteiger partial charge in [0.1, 0.15) is 11.5 Å². The Morgan fingerprint density at radius 1 is 1.00 bits per heavy atom. The molecule has 0 aliphatic rings. The first-order valence-electron chi connectivity index (χ1n) is 8.14. The molecular weight excluding hydrogens is 332 g/mol. The molecule has 0 heterocycles. The second-order valence-corrected chi connectivity index (χ2v) is 5.76. The van der Waals surface area contributed by atoms with Gasteiger partial charge in [-0.1, -0.05) is 30.8 Å². The largest absolute Gasteiger partial charge is 0.497 e. The van der Waals surface area contributed by atoms with Crippen LogP contribution >= 0.6 is 0 Å². The molecule has 136 valence electrons. The maximum Gasteiger partial charge on any atom is 0.333 e. The van der Waals surface area contributed by atoms with Crippen molar-refractivity contribution in [2.24, 2.45) is 0 Å². The van der Waals surface area contributed by atoms with Gasteiger partial charge in [0.15, 0.2) is 5.78 Å². The van der Waals surface area contributed by atoms with E-state index < -0.39 is 5.97 Å². The third kappa shape index (κ3) is 4.72. The van der Waals surface area contributed by atoms with Crippen molar-refractivity contribution in [3.05, 3.63) is 71.3 Å². The van der Waals surface area contributed by atoms with E-state index in [1.165, 1.54) is 7.11 Å². The molecule has 2 aromatic rings. The fourth-order valence-electron chi connectivity index (χ4n) is 2.35. The average molecular weight is 354 g/mol. The van der Waals surface area contributed by atoms with Gasteiger partial charge in [0, 0.05) is 23.6 Å². The highest BCUT2D eigenvalue weighted by molar-refractivity contribution is 6.10. The molecule has 0 aliphatic heterocycles. The predicted molar refractivity (Wildman–Crippen MR) is 98.9 cm³/mol. The summed E-state index contributed by atoms with van der Waals surface area (Å²) < 4.78 is 15.5. The van der Waals surface area contributed by atoms with E-state index in [1.54, 1.807) is 44.4 Å². The quantitative estimate of drug-likeness (QED) is 0.412. The molecule has 0 N–H and O–H groups in total. The lowest BCUT2D eigenvalue weighted by Crippen LogP contribution is -2.08. The smallest absolute Gasteiger partial charge is 0.333 e. The minimum absolute atomic E-state index is 0.134. The fourth-order valence-corrected chi connectivity index (χ4v) is 2.35. The van der Waals surface area contributed by atoms with Crippen LogP contribution in [0.3, 0.4) is 0 Å². The highest BCUT2D eigenvalue weighted by atomic mass is 16.5. The Bertz CT molecular complexity index is 806. The summed E-state index contributed by atoms with van der Waals surface area (Å²) in [6.07, 6.45) is 0.569. The number of rotatable bonds is 8. The number of benzene rings is 2. The number of hydrogen-bond donors (Lipinski definition) is 0. The molecule has 0 saturated carbocycles. The predicted octanol–water partition coefficient (Wildman–Crippen LogP) is 3.60. The molecule has 0 unspecified atom stereocenters. The van der Waals surface area contributed by atoms with Crippen molar-refractivity contribution in [1.29, 1.82) is 0 Å². The summed E-state index contributed by atoms with van der Waals surface area (Å²) in [6, 6.07) is 12.3. The van der Waals surface area contributed by atoms with Crippen LogP contribution in [0.2, 0.25) is 0 Å². The molecule has 26 heavy (non-hydrogen) atoms. The van der Waals surface area contributed by atoms with E-state index in [0.717, 1.165) is 5.56 Å². The molecule has 2 aromatic carbocycles. The van der Waals surface area contributed by atoms with Crippen LogP contribution in [0.15, 0.2) is 54.6 Å². The van der Waals surface area contributed by atoms with Crippen LogP contribution in [-0.4, -0.2) is 32.6 Å². The van der Waals surface area contributed by atoms with E-state index in [1.807, 2.05) is 12.1 Å². The molecule has 0 bridgehead atoms.